The van der Waals surface area contributed by atoms with Crippen molar-refractivity contribution in [1.29, 1.82) is 0 Å². The van der Waals surface area contributed by atoms with Crippen molar-refractivity contribution in [3.05, 3.63) is 116 Å². The number of carbonyl (C=O) groups excluding carboxylic acids is 1. The van der Waals surface area contributed by atoms with E-state index in [0.717, 1.165) is 15.6 Å². The number of methoxy groups -OCH3 is 1. The quantitative estimate of drug-likeness (QED) is 0.162. The van der Waals surface area contributed by atoms with E-state index in [-0.39, 0.29) is 17.7 Å². The van der Waals surface area contributed by atoms with Crippen LogP contribution in [0.2, 0.25) is 5.02 Å². The van der Waals surface area contributed by atoms with E-state index in [9.17, 15) is 9.59 Å². The summed E-state index contributed by atoms with van der Waals surface area (Å²) < 4.78 is 26.1. The minimum Gasteiger partial charge on any atom is -0.493 e. The number of esters is 1. The first-order valence-electron chi connectivity index (χ1n) is 14.0. The molecule has 0 spiro atoms. The van der Waals surface area contributed by atoms with Crippen molar-refractivity contribution < 1.29 is 23.7 Å². The summed E-state index contributed by atoms with van der Waals surface area (Å²) in [6.07, 6.45) is 1.80. The maximum atomic E-state index is 14.1. The van der Waals surface area contributed by atoms with Crippen molar-refractivity contribution in [2.45, 2.75) is 33.4 Å². The molecule has 0 bridgehead atoms. The molecule has 0 saturated heterocycles. The molecule has 0 saturated carbocycles. The Bertz CT molecular complexity index is 1970. The van der Waals surface area contributed by atoms with Crippen LogP contribution in [0.4, 0.5) is 0 Å². The maximum Gasteiger partial charge on any atom is 0.338 e. The molecular formula is C33H29Br2ClN2O6S. The van der Waals surface area contributed by atoms with Gasteiger partial charge in [-0.05, 0) is 95.9 Å². The van der Waals surface area contributed by atoms with Gasteiger partial charge in [-0.2, -0.15) is 0 Å². The lowest BCUT2D eigenvalue weighted by Crippen LogP contribution is -2.40. The number of hydrogen-bond donors (Lipinski definition) is 0. The van der Waals surface area contributed by atoms with Crippen LogP contribution in [-0.4, -0.2) is 30.9 Å². The molecular weight excluding hydrogens is 748 g/mol. The van der Waals surface area contributed by atoms with E-state index in [2.05, 4.69) is 36.9 Å². The number of fused-ring (bicyclic) bond motifs is 1. The van der Waals surface area contributed by atoms with Gasteiger partial charge in [0.25, 0.3) is 5.56 Å². The van der Waals surface area contributed by atoms with Gasteiger partial charge in [0.15, 0.2) is 16.3 Å². The van der Waals surface area contributed by atoms with Crippen molar-refractivity contribution in [3.8, 4) is 17.2 Å². The van der Waals surface area contributed by atoms with Gasteiger partial charge in [0.2, 0.25) is 0 Å². The number of hydrogen-bond acceptors (Lipinski definition) is 8. The zero-order chi connectivity index (χ0) is 32.2. The first-order chi connectivity index (χ1) is 21.6. The monoisotopic (exact) mass is 774 g/mol. The molecule has 1 aliphatic heterocycles. The second kappa shape index (κ2) is 14.4. The van der Waals surface area contributed by atoms with Gasteiger partial charge in [-0.15, -0.1) is 0 Å². The predicted octanol–water partition coefficient (Wildman–Crippen LogP) is 6.96. The average Bonchev–Trinajstić information content (AvgIpc) is 3.31. The van der Waals surface area contributed by atoms with Crippen molar-refractivity contribution in [2.75, 3.05) is 20.3 Å². The minimum absolute atomic E-state index is 0.175. The third-order valence-electron chi connectivity index (χ3n) is 6.96. The number of allylic oxidation sites excluding steroid dienone is 1. The molecule has 12 heteroatoms. The van der Waals surface area contributed by atoms with E-state index in [1.54, 1.807) is 39.2 Å². The standard InChI is InChI=1S/C33H29Br2ClN2O6S/c1-5-42-27-16-23(34)22(15-26(27)41-4)30-29(32(40)43-6-2)18(3)37-33-38(30)31(39)28(45-33)14-20-9-12-25(24(35)13-20)44-17-19-7-10-21(36)11-8-19/h7-16,30H,5-6,17H2,1-4H3/b28-14+/t30-/m0/s1. The van der Waals surface area contributed by atoms with Gasteiger partial charge in [0.05, 0.1) is 46.6 Å². The molecule has 1 aromatic heterocycles. The molecule has 0 amide bonds. The molecule has 5 rings (SSSR count). The van der Waals surface area contributed by atoms with Crippen LogP contribution in [0.1, 0.15) is 43.5 Å². The van der Waals surface area contributed by atoms with Gasteiger partial charge < -0.3 is 18.9 Å². The molecule has 2 heterocycles. The summed E-state index contributed by atoms with van der Waals surface area (Å²) >= 11 is 14.5. The highest BCUT2D eigenvalue weighted by atomic mass is 79.9. The van der Waals surface area contributed by atoms with Crippen LogP contribution in [0.15, 0.2) is 84.6 Å². The molecule has 0 unspecified atom stereocenters. The van der Waals surface area contributed by atoms with Crippen LogP contribution < -0.4 is 29.1 Å². The molecule has 1 aliphatic rings. The first kappa shape index (κ1) is 33.0. The van der Waals surface area contributed by atoms with Crippen molar-refractivity contribution in [3.63, 3.8) is 0 Å². The molecule has 234 valence electrons. The van der Waals surface area contributed by atoms with E-state index in [1.165, 1.54) is 15.9 Å². The lowest BCUT2D eigenvalue weighted by Gasteiger charge is -2.26. The van der Waals surface area contributed by atoms with Crippen LogP contribution in [0, 0.1) is 0 Å². The van der Waals surface area contributed by atoms with E-state index in [4.69, 9.17) is 30.5 Å². The van der Waals surface area contributed by atoms with Crippen molar-refractivity contribution in [1.82, 2.24) is 4.57 Å². The molecule has 0 N–H and O–H groups in total. The number of nitrogens with zero attached hydrogens (tertiary/aromatic N) is 2. The molecule has 3 aromatic carbocycles. The average molecular weight is 777 g/mol. The molecule has 45 heavy (non-hydrogen) atoms. The number of rotatable bonds is 10. The van der Waals surface area contributed by atoms with Crippen LogP contribution in [0.25, 0.3) is 6.08 Å². The van der Waals surface area contributed by atoms with Gasteiger partial charge in [0, 0.05) is 9.50 Å². The zero-order valence-corrected chi connectivity index (χ0v) is 29.6. The fourth-order valence-corrected chi connectivity index (χ4v) is 7.11. The third-order valence-corrected chi connectivity index (χ3v) is 9.50. The summed E-state index contributed by atoms with van der Waals surface area (Å²) in [7, 11) is 1.54. The Balaban J connectivity index is 1.57. The number of ether oxygens (including phenoxy) is 4. The molecule has 8 nitrogen and oxygen atoms in total. The Morgan fingerprint density at radius 2 is 1.76 bits per heavy atom. The van der Waals surface area contributed by atoms with Crippen LogP contribution >= 0.6 is 54.8 Å². The lowest BCUT2D eigenvalue weighted by atomic mass is 9.95. The Morgan fingerprint density at radius 1 is 1.00 bits per heavy atom. The molecule has 4 aromatic rings. The van der Waals surface area contributed by atoms with Gasteiger partial charge in [-0.25, -0.2) is 9.79 Å². The number of halogens is 3. The number of carbonyl (C=O) groups is 1. The molecule has 0 aliphatic carbocycles. The van der Waals surface area contributed by atoms with E-state index < -0.39 is 12.0 Å². The first-order valence-corrected chi connectivity index (χ1v) is 16.8. The number of aromatic nitrogens is 1. The Morgan fingerprint density at radius 3 is 2.42 bits per heavy atom. The van der Waals surface area contributed by atoms with Crippen LogP contribution in [-0.2, 0) is 16.1 Å². The number of thiazole rings is 1. The van der Waals surface area contributed by atoms with E-state index in [0.29, 0.717) is 60.6 Å². The Labute approximate surface area is 285 Å². The highest BCUT2D eigenvalue weighted by molar-refractivity contribution is 9.10. The van der Waals surface area contributed by atoms with Crippen molar-refractivity contribution >= 4 is 66.8 Å². The van der Waals surface area contributed by atoms with Gasteiger partial charge in [-0.3, -0.25) is 9.36 Å². The van der Waals surface area contributed by atoms with Gasteiger partial charge in [0.1, 0.15) is 12.4 Å². The summed E-state index contributed by atoms with van der Waals surface area (Å²) in [5.41, 5.74) is 2.85. The van der Waals surface area contributed by atoms with E-state index in [1.807, 2.05) is 49.4 Å². The normalized spacial score (nSPS) is 14.6. The highest BCUT2D eigenvalue weighted by Gasteiger charge is 2.35. The van der Waals surface area contributed by atoms with Gasteiger partial charge >= 0.3 is 5.97 Å². The fraction of sp³-hybridized carbons (Fsp3) is 0.242. The fourth-order valence-electron chi connectivity index (χ4n) is 4.89. The minimum atomic E-state index is -0.822. The summed E-state index contributed by atoms with van der Waals surface area (Å²) in [5.74, 6) is 1.12. The lowest BCUT2D eigenvalue weighted by molar-refractivity contribution is -0.139. The maximum absolute atomic E-state index is 14.1. The number of benzene rings is 3. The summed E-state index contributed by atoms with van der Waals surface area (Å²) in [6.45, 7) is 6.35. The van der Waals surface area contributed by atoms with Gasteiger partial charge in [-0.1, -0.05) is 57.1 Å². The third kappa shape index (κ3) is 7.06. The summed E-state index contributed by atoms with van der Waals surface area (Å²) in [4.78, 5) is 32.5. The second-order valence-corrected chi connectivity index (χ2v) is 13.0. The van der Waals surface area contributed by atoms with E-state index >= 15 is 0 Å². The Hall–Kier alpha value is -3.38. The molecule has 1 atom stereocenters. The van der Waals surface area contributed by atoms with Crippen molar-refractivity contribution in [2.24, 2.45) is 4.99 Å². The topological polar surface area (TPSA) is 88.4 Å². The summed E-state index contributed by atoms with van der Waals surface area (Å²) in [6, 6.07) is 15.8. The smallest absolute Gasteiger partial charge is 0.338 e. The molecule has 0 radical (unpaired) electrons. The SMILES string of the molecule is CCOC(=O)C1=C(C)N=c2s/c(=C/c3ccc(OCc4ccc(Cl)cc4)c(Br)c3)c(=O)n2[C@H]1c1cc(OC)c(OCC)cc1Br. The second-order valence-electron chi connectivity index (χ2n) is 9.86. The Kier molecular flexibility index (Phi) is 10.5. The molecule has 0 fully saturated rings. The summed E-state index contributed by atoms with van der Waals surface area (Å²) in [5, 5.41) is 0.667. The van der Waals surface area contributed by atoms with Crippen LogP contribution in [0.3, 0.4) is 0 Å². The van der Waals surface area contributed by atoms with Crippen LogP contribution in [0.5, 0.6) is 17.2 Å². The largest absolute Gasteiger partial charge is 0.493 e. The zero-order valence-electron chi connectivity index (χ0n) is 24.9. The highest BCUT2D eigenvalue weighted by Crippen LogP contribution is 2.41. The predicted molar refractivity (Wildman–Crippen MR) is 182 cm³/mol.